The predicted octanol–water partition coefficient (Wildman–Crippen LogP) is 2.71. The molecule has 0 fully saturated rings. The Balaban J connectivity index is 1.64. The van der Waals surface area contributed by atoms with Gasteiger partial charge in [-0.2, -0.15) is 0 Å². The topological polar surface area (TPSA) is 104 Å². The third-order valence-electron chi connectivity index (χ3n) is 4.92. The zero-order valence-electron chi connectivity index (χ0n) is 15.1. The summed E-state index contributed by atoms with van der Waals surface area (Å²) in [4.78, 5) is 43.3. The molecule has 3 N–H and O–H groups in total. The Morgan fingerprint density at radius 1 is 1.11 bits per heavy atom. The van der Waals surface area contributed by atoms with Gasteiger partial charge in [-0.1, -0.05) is 6.07 Å². The van der Waals surface area contributed by atoms with E-state index in [0.717, 1.165) is 16.5 Å². The van der Waals surface area contributed by atoms with E-state index in [-0.39, 0.29) is 17.4 Å². The van der Waals surface area contributed by atoms with Gasteiger partial charge in [0, 0.05) is 22.7 Å². The summed E-state index contributed by atoms with van der Waals surface area (Å²) in [5.41, 5.74) is 2.29. The number of carbonyl (C=O) groups excluding carboxylic acids is 2. The van der Waals surface area contributed by atoms with Crippen molar-refractivity contribution in [2.45, 2.75) is 26.2 Å². The first-order valence-corrected chi connectivity index (χ1v) is 8.54. The Morgan fingerprint density at radius 3 is 2.67 bits per heavy atom. The highest BCUT2D eigenvalue weighted by Crippen LogP contribution is 2.37. The molecule has 3 heterocycles. The first-order valence-electron chi connectivity index (χ1n) is 8.54. The van der Waals surface area contributed by atoms with Gasteiger partial charge in [-0.15, -0.1) is 0 Å². The number of rotatable bonds is 2. The van der Waals surface area contributed by atoms with Crippen molar-refractivity contribution >= 4 is 34.4 Å². The number of nitrogens with one attached hydrogen (secondary N) is 3. The van der Waals surface area contributed by atoms with E-state index >= 15 is 0 Å². The van der Waals surface area contributed by atoms with E-state index in [2.05, 4.69) is 20.6 Å². The Morgan fingerprint density at radius 2 is 1.89 bits per heavy atom. The van der Waals surface area contributed by atoms with Crippen molar-refractivity contribution in [2.24, 2.45) is 0 Å². The van der Waals surface area contributed by atoms with Crippen molar-refractivity contribution in [3.05, 3.63) is 63.4 Å². The molecule has 0 radical (unpaired) electrons. The molecule has 136 valence electrons. The largest absolute Gasteiger partial charge is 0.325 e. The molecule has 0 saturated heterocycles. The minimum absolute atomic E-state index is 0.0921. The van der Waals surface area contributed by atoms with Crippen LogP contribution in [0.15, 0.2) is 41.2 Å². The zero-order valence-corrected chi connectivity index (χ0v) is 15.1. The van der Waals surface area contributed by atoms with Gasteiger partial charge in [0.1, 0.15) is 11.5 Å². The number of fused-ring (bicyclic) bond motifs is 2. The molecule has 7 heteroatoms. The summed E-state index contributed by atoms with van der Waals surface area (Å²) >= 11 is 0. The normalized spacial score (nSPS) is 14.7. The van der Waals surface area contributed by atoms with E-state index in [0.29, 0.717) is 22.7 Å². The smallest absolute Gasteiger partial charge is 0.256 e. The SMILES string of the molecule is Cc1cc(=O)[nH]c2nc(NC(=O)c3ccc4c(c3)NC(=O)C4(C)C)ccc12. The molecule has 0 bridgehead atoms. The molecule has 1 aliphatic heterocycles. The van der Waals surface area contributed by atoms with Gasteiger partial charge in [-0.05, 0) is 56.2 Å². The van der Waals surface area contributed by atoms with E-state index in [1.54, 1.807) is 30.3 Å². The van der Waals surface area contributed by atoms with Gasteiger partial charge in [-0.25, -0.2) is 4.98 Å². The molecule has 0 unspecified atom stereocenters. The Kier molecular flexibility index (Phi) is 3.62. The molecule has 27 heavy (non-hydrogen) atoms. The number of hydrogen-bond donors (Lipinski definition) is 3. The van der Waals surface area contributed by atoms with Crippen molar-refractivity contribution in [3.8, 4) is 0 Å². The number of nitrogens with zero attached hydrogens (tertiary/aromatic N) is 1. The van der Waals surface area contributed by atoms with Gasteiger partial charge in [0.2, 0.25) is 11.5 Å². The van der Waals surface area contributed by atoms with Crippen LogP contribution in [0.2, 0.25) is 0 Å². The van der Waals surface area contributed by atoms with Crippen LogP contribution < -0.4 is 16.2 Å². The fourth-order valence-electron chi connectivity index (χ4n) is 3.29. The third-order valence-corrected chi connectivity index (χ3v) is 4.92. The molecular formula is C20H18N4O3. The second-order valence-corrected chi connectivity index (χ2v) is 7.20. The lowest BCUT2D eigenvalue weighted by molar-refractivity contribution is -0.119. The average Bonchev–Trinajstić information content (AvgIpc) is 2.83. The summed E-state index contributed by atoms with van der Waals surface area (Å²) < 4.78 is 0. The lowest BCUT2D eigenvalue weighted by Crippen LogP contribution is -2.26. The molecule has 0 spiro atoms. The van der Waals surface area contributed by atoms with Crippen LogP contribution in [0, 0.1) is 6.92 Å². The van der Waals surface area contributed by atoms with Crippen LogP contribution in [-0.4, -0.2) is 21.8 Å². The van der Waals surface area contributed by atoms with Gasteiger partial charge < -0.3 is 15.6 Å². The van der Waals surface area contributed by atoms with Gasteiger partial charge in [-0.3, -0.25) is 14.4 Å². The van der Waals surface area contributed by atoms with Crippen LogP contribution in [0.4, 0.5) is 11.5 Å². The lowest BCUT2D eigenvalue weighted by atomic mass is 9.86. The molecule has 7 nitrogen and oxygen atoms in total. The number of aryl methyl sites for hydroxylation is 1. The quantitative estimate of drug-likeness (QED) is 0.652. The van der Waals surface area contributed by atoms with Crippen LogP contribution >= 0.6 is 0 Å². The van der Waals surface area contributed by atoms with E-state index in [1.165, 1.54) is 6.07 Å². The summed E-state index contributed by atoms with van der Waals surface area (Å²) in [6.07, 6.45) is 0. The Hall–Kier alpha value is -3.48. The number of amides is 2. The molecule has 0 saturated carbocycles. The first kappa shape index (κ1) is 17.0. The number of pyridine rings is 2. The minimum Gasteiger partial charge on any atom is -0.325 e. The molecule has 2 aromatic heterocycles. The van der Waals surface area contributed by atoms with Crippen molar-refractivity contribution in [2.75, 3.05) is 10.6 Å². The van der Waals surface area contributed by atoms with Crippen LogP contribution in [0.1, 0.15) is 35.3 Å². The van der Waals surface area contributed by atoms with Crippen LogP contribution in [0.3, 0.4) is 0 Å². The number of aromatic amines is 1. The fraction of sp³-hybridized carbons (Fsp3) is 0.200. The van der Waals surface area contributed by atoms with E-state index < -0.39 is 5.41 Å². The summed E-state index contributed by atoms with van der Waals surface area (Å²) in [6.45, 7) is 5.52. The Bertz CT molecular complexity index is 1180. The van der Waals surface area contributed by atoms with E-state index in [4.69, 9.17) is 0 Å². The zero-order chi connectivity index (χ0) is 19.3. The van der Waals surface area contributed by atoms with Crippen molar-refractivity contribution < 1.29 is 9.59 Å². The standard InChI is InChI=1S/C20H18N4O3/c1-10-8-16(25)24-17-12(10)5-7-15(22-17)23-18(26)11-4-6-13-14(9-11)21-19(27)20(13,2)3/h4-9H,1-3H3,(H,21,27)(H2,22,23,24,25,26). The van der Waals surface area contributed by atoms with Crippen molar-refractivity contribution in [1.29, 1.82) is 0 Å². The fourth-order valence-corrected chi connectivity index (χ4v) is 3.29. The summed E-state index contributed by atoms with van der Waals surface area (Å²) in [7, 11) is 0. The second-order valence-electron chi connectivity index (χ2n) is 7.20. The molecule has 4 rings (SSSR count). The van der Waals surface area contributed by atoms with Gasteiger partial charge in [0.15, 0.2) is 0 Å². The number of carbonyl (C=O) groups is 2. The van der Waals surface area contributed by atoms with Crippen LogP contribution in [0.5, 0.6) is 0 Å². The summed E-state index contributed by atoms with van der Waals surface area (Å²) in [5.74, 6) is -0.109. The van der Waals surface area contributed by atoms with Crippen LogP contribution in [-0.2, 0) is 10.2 Å². The average molecular weight is 362 g/mol. The van der Waals surface area contributed by atoms with Crippen molar-refractivity contribution in [3.63, 3.8) is 0 Å². The molecule has 1 aliphatic rings. The number of aromatic nitrogens is 2. The molecule has 0 aliphatic carbocycles. The molecule has 2 amide bonds. The highest BCUT2D eigenvalue weighted by atomic mass is 16.2. The third kappa shape index (κ3) is 2.77. The number of hydrogen-bond acceptors (Lipinski definition) is 4. The molecule has 3 aromatic rings. The molecule has 1 aromatic carbocycles. The first-order chi connectivity index (χ1) is 12.8. The highest BCUT2D eigenvalue weighted by molar-refractivity contribution is 6.09. The van der Waals surface area contributed by atoms with Crippen LogP contribution in [0.25, 0.3) is 11.0 Å². The maximum Gasteiger partial charge on any atom is 0.256 e. The van der Waals surface area contributed by atoms with Gasteiger partial charge >= 0.3 is 0 Å². The van der Waals surface area contributed by atoms with Gasteiger partial charge in [0.25, 0.3) is 5.91 Å². The second kappa shape index (κ2) is 5.77. The van der Waals surface area contributed by atoms with E-state index in [1.807, 2.05) is 20.8 Å². The Labute approximate surface area is 154 Å². The lowest BCUT2D eigenvalue weighted by Gasteiger charge is -2.15. The number of anilines is 2. The highest BCUT2D eigenvalue weighted by Gasteiger charge is 2.38. The monoisotopic (exact) mass is 362 g/mol. The predicted molar refractivity (Wildman–Crippen MR) is 103 cm³/mol. The maximum absolute atomic E-state index is 12.6. The summed E-state index contributed by atoms with van der Waals surface area (Å²) in [5, 5.41) is 6.35. The summed E-state index contributed by atoms with van der Waals surface area (Å²) in [6, 6.07) is 10.1. The van der Waals surface area contributed by atoms with Gasteiger partial charge in [0.05, 0.1) is 5.41 Å². The van der Waals surface area contributed by atoms with E-state index in [9.17, 15) is 14.4 Å². The van der Waals surface area contributed by atoms with Crippen molar-refractivity contribution in [1.82, 2.24) is 9.97 Å². The maximum atomic E-state index is 12.6. The number of benzene rings is 1. The minimum atomic E-state index is -0.617. The molecular weight excluding hydrogens is 344 g/mol. The number of H-pyrrole nitrogens is 1. The molecule has 0 atom stereocenters.